The van der Waals surface area contributed by atoms with Crippen LogP contribution in [0.15, 0.2) is 72.8 Å². The molecule has 6 nitrogen and oxygen atoms in total. The molecule has 0 atom stereocenters. The molecule has 0 saturated carbocycles. The number of benzene rings is 3. The Labute approximate surface area is 165 Å². The maximum absolute atomic E-state index is 12.8. The molecule has 0 aliphatic heterocycles. The van der Waals surface area contributed by atoms with Crippen LogP contribution >= 0.6 is 11.6 Å². The quantitative estimate of drug-likeness (QED) is 0.374. The summed E-state index contributed by atoms with van der Waals surface area (Å²) in [6.07, 6.45) is -0.196. The molecule has 0 aliphatic carbocycles. The molecule has 1 amide bonds. The van der Waals surface area contributed by atoms with E-state index in [-0.39, 0.29) is 29.0 Å². The monoisotopic (exact) mass is 394 g/mol. The summed E-state index contributed by atoms with van der Waals surface area (Å²) in [4.78, 5) is 35.9. The summed E-state index contributed by atoms with van der Waals surface area (Å²) >= 11 is 6.03. The fraction of sp³-hybridized carbons (Fsp3) is 0.0476. The summed E-state index contributed by atoms with van der Waals surface area (Å²) in [6.45, 7) is 0. The van der Waals surface area contributed by atoms with Crippen molar-refractivity contribution in [2.24, 2.45) is 0 Å². The molecule has 0 unspecified atom stereocenters. The average Bonchev–Trinajstić information content (AvgIpc) is 2.69. The Balaban J connectivity index is 1.86. The van der Waals surface area contributed by atoms with Crippen LogP contribution in [-0.2, 0) is 11.2 Å². The van der Waals surface area contributed by atoms with E-state index < -0.39 is 10.8 Å². The van der Waals surface area contributed by atoms with Crippen LogP contribution < -0.4 is 5.32 Å². The topological polar surface area (TPSA) is 89.3 Å². The van der Waals surface area contributed by atoms with Crippen molar-refractivity contribution in [1.82, 2.24) is 0 Å². The van der Waals surface area contributed by atoms with E-state index in [9.17, 15) is 19.7 Å². The number of nitrogens with zero attached hydrogens (tertiary/aromatic N) is 1. The minimum Gasteiger partial charge on any atom is -0.325 e. The van der Waals surface area contributed by atoms with E-state index in [1.807, 2.05) is 0 Å². The predicted molar refractivity (Wildman–Crippen MR) is 107 cm³/mol. The molecule has 1 N–H and O–H groups in total. The molecular formula is C21H15ClN2O4. The summed E-state index contributed by atoms with van der Waals surface area (Å²) in [5, 5.41) is 14.1. The van der Waals surface area contributed by atoms with Crippen molar-refractivity contribution in [3.05, 3.63) is 105 Å². The van der Waals surface area contributed by atoms with Gasteiger partial charge in [-0.05, 0) is 18.2 Å². The van der Waals surface area contributed by atoms with Crippen LogP contribution in [0.2, 0.25) is 5.02 Å². The highest BCUT2D eigenvalue weighted by Gasteiger charge is 2.19. The van der Waals surface area contributed by atoms with Crippen LogP contribution in [0.5, 0.6) is 0 Å². The fourth-order valence-corrected chi connectivity index (χ4v) is 2.94. The van der Waals surface area contributed by atoms with E-state index in [1.54, 1.807) is 42.5 Å². The lowest BCUT2D eigenvalue weighted by atomic mass is 10.0. The van der Waals surface area contributed by atoms with Crippen LogP contribution in [0.4, 0.5) is 11.4 Å². The number of nitro benzene ring substituents is 1. The van der Waals surface area contributed by atoms with Crippen molar-refractivity contribution in [3.8, 4) is 0 Å². The van der Waals surface area contributed by atoms with E-state index in [2.05, 4.69) is 5.32 Å². The Morgan fingerprint density at radius 2 is 1.64 bits per heavy atom. The van der Waals surface area contributed by atoms with Gasteiger partial charge in [0.2, 0.25) is 5.91 Å². The third-order valence-electron chi connectivity index (χ3n) is 4.08. The van der Waals surface area contributed by atoms with Gasteiger partial charge in [0.05, 0.1) is 17.0 Å². The molecule has 0 radical (unpaired) electrons. The largest absolute Gasteiger partial charge is 0.325 e. The minimum absolute atomic E-state index is 0.130. The van der Waals surface area contributed by atoms with E-state index in [1.165, 1.54) is 30.3 Å². The molecule has 28 heavy (non-hydrogen) atoms. The Morgan fingerprint density at radius 1 is 0.964 bits per heavy atom. The Morgan fingerprint density at radius 3 is 2.36 bits per heavy atom. The number of nitrogens with one attached hydrogen (secondary N) is 1. The van der Waals surface area contributed by atoms with Crippen LogP contribution in [0.1, 0.15) is 21.5 Å². The molecule has 3 aromatic rings. The predicted octanol–water partition coefficient (Wildman–Crippen LogP) is 4.66. The molecule has 140 valence electrons. The molecule has 0 spiro atoms. The van der Waals surface area contributed by atoms with Crippen molar-refractivity contribution in [2.75, 3.05) is 5.32 Å². The average molecular weight is 395 g/mol. The zero-order chi connectivity index (χ0) is 20.1. The van der Waals surface area contributed by atoms with Gasteiger partial charge in [0.15, 0.2) is 5.78 Å². The first-order valence-corrected chi connectivity index (χ1v) is 8.75. The van der Waals surface area contributed by atoms with E-state index in [4.69, 9.17) is 11.6 Å². The van der Waals surface area contributed by atoms with Crippen molar-refractivity contribution >= 4 is 34.7 Å². The highest BCUT2D eigenvalue weighted by Crippen LogP contribution is 2.25. The normalized spacial score (nSPS) is 10.3. The summed E-state index contributed by atoms with van der Waals surface area (Å²) in [6, 6.07) is 19.2. The van der Waals surface area contributed by atoms with Crippen LogP contribution in [0.25, 0.3) is 0 Å². The lowest BCUT2D eigenvalue weighted by molar-refractivity contribution is -0.385. The first-order valence-electron chi connectivity index (χ1n) is 8.37. The van der Waals surface area contributed by atoms with E-state index in [0.29, 0.717) is 16.3 Å². The first-order chi connectivity index (χ1) is 13.5. The molecule has 0 saturated heterocycles. The molecule has 0 aromatic heterocycles. The Hall–Kier alpha value is -3.51. The van der Waals surface area contributed by atoms with Gasteiger partial charge in [-0.25, -0.2) is 0 Å². The lowest BCUT2D eigenvalue weighted by Gasteiger charge is -2.11. The summed E-state index contributed by atoms with van der Waals surface area (Å²) in [7, 11) is 0. The number of amides is 1. The molecule has 0 aliphatic rings. The van der Waals surface area contributed by atoms with Gasteiger partial charge in [0.1, 0.15) is 0 Å². The van der Waals surface area contributed by atoms with Gasteiger partial charge in [-0.2, -0.15) is 0 Å². The number of carbonyl (C=O) groups is 2. The van der Waals surface area contributed by atoms with Gasteiger partial charge < -0.3 is 5.32 Å². The van der Waals surface area contributed by atoms with Crippen LogP contribution in [-0.4, -0.2) is 16.6 Å². The van der Waals surface area contributed by atoms with Crippen molar-refractivity contribution < 1.29 is 14.5 Å². The highest BCUT2D eigenvalue weighted by molar-refractivity contribution is 6.31. The number of hydrogen-bond acceptors (Lipinski definition) is 4. The van der Waals surface area contributed by atoms with Crippen molar-refractivity contribution in [2.45, 2.75) is 6.42 Å². The number of ketones is 1. The van der Waals surface area contributed by atoms with Crippen molar-refractivity contribution in [3.63, 3.8) is 0 Å². The van der Waals surface area contributed by atoms with E-state index >= 15 is 0 Å². The number of rotatable bonds is 6. The molecule has 3 aromatic carbocycles. The number of carbonyl (C=O) groups excluding carboxylic acids is 2. The van der Waals surface area contributed by atoms with Gasteiger partial charge >= 0.3 is 0 Å². The second-order valence-corrected chi connectivity index (χ2v) is 6.43. The number of anilines is 1. The molecule has 7 heteroatoms. The summed E-state index contributed by atoms with van der Waals surface area (Å²) in [5.74, 6) is -0.761. The SMILES string of the molecule is O=C(Cc1ccccc1[N+](=O)[O-])Nc1ccc(Cl)cc1C(=O)c1ccccc1. The Bertz CT molecular complexity index is 1050. The Kier molecular flexibility index (Phi) is 5.81. The fourth-order valence-electron chi connectivity index (χ4n) is 2.76. The third kappa shape index (κ3) is 4.42. The smallest absolute Gasteiger partial charge is 0.273 e. The molecule has 0 fully saturated rings. The van der Waals surface area contributed by atoms with Gasteiger partial charge in [0, 0.05) is 27.8 Å². The minimum atomic E-state index is -0.532. The summed E-state index contributed by atoms with van der Waals surface area (Å²) in [5.41, 5.74) is 1.15. The number of para-hydroxylation sites is 1. The molecule has 0 bridgehead atoms. The van der Waals surface area contributed by atoms with E-state index in [0.717, 1.165) is 0 Å². The van der Waals surface area contributed by atoms with Gasteiger partial charge in [-0.1, -0.05) is 60.1 Å². The van der Waals surface area contributed by atoms with Gasteiger partial charge in [-0.15, -0.1) is 0 Å². The number of nitro groups is 1. The summed E-state index contributed by atoms with van der Waals surface area (Å²) < 4.78 is 0. The van der Waals surface area contributed by atoms with Gasteiger partial charge in [0.25, 0.3) is 5.69 Å². The lowest BCUT2D eigenvalue weighted by Crippen LogP contribution is -2.17. The van der Waals surface area contributed by atoms with Crippen LogP contribution in [0, 0.1) is 10.1 Å². The second-order valence-electron chi connectivity index (χ2n) is 6.00. The molecule has 3 rings (SSSR count). The molecular weight excluding hydrogens is 380 g/mol. The van der Waals surface area contributed by atoms with Crippen molar-refractivity contribution in [1.29, 1.82) is 0 Å². The standard InChI is InChI=1S/C21H15ClN2O4/c22-16-10-11-18(17(13-16)21(26)14-6-2-1-3-7-14)23-20(25)12-15-8-4-5-9-19(15)24(27)28/h1-11,13H,12H2,(H,23,25). The molecule has 0 heterocycles. The zero-order valence-corrected chi connectivity index (χ0v) is 15.3. The van der Waals surface area contributed by atoms with Gasteiger partial charge in [-0.3, -0.25) is 19.7 Å². The maximum atomic E-state index is 12.8. The zero-order valence-electron chi connectivity index (χ0n) is 14.6. The second kappa shape index (κ2) is 8.45. The number of halogens is 1. The maximum Gasteiger partial charge on any atom is 0.273 e. The highest BCUT2D eigenvalue weighted by atomic mass is 35.5. The first kappa shape index (κ1) is 19.3. The third-order valence-corrected chi connectivity index (χ3v) is 4.31. The number of hydrogen-bond donors (Lipinski definition) is 1. The van der Waals surface area contributed by atoms with Crippen LogP contribution in [0.3, 0.4) is 0 Å².